The van der Waals surface area contributed by atoms with Gasteiger partial charge in [0, 0.05) is 37.5 Å². The number of hydrogen-bond donors (Lipinski definition) is 0. The number of carbonyl (C=O) groups excluding carboxylic acids is 1. The molecule has 11 heteroatoms. The molecule has 2 aromatic rings. The minimum Gasteiger partial charge on any atom is -0.461 e. The Morgan fingerprint density at radius 1 is 1.18 bits per heavy atom. The number of halogens is 3. The fourth-order valence-corrected chi connectivity index (χ4v) is 6.40. The predicted molar refractivity (Wildman–Crippen MR) is 142 cm³/mol. The summed E-state index contributed by atoms with van der Waals surface area (Å²) in [6, 6.07) is 1.54. The molecule has 3 fully saturated rings. The molecule has 214 valence electrons. The second kappa shape index (κ2) is 10.3. The van der Waals surface area contributed by atoms with Gasteiger partial charge < -0.3 is 14.4 Å². The first-order valence-electron chi connectivity index (χ1n) is 13.8. The number of alkyl halides is 1. The molecule has 4 heterocycles. The first-order valence-corrected chi connectivity index (χ1v) is 13.8. The summed E-state index contributed by atoms with van der Waals surface area (Å²) in [6.45, 7) is 11.6. The number of ether oxygens (including phenoxy) is 2. The topological polar surface area (TPSA) is 71.0 Å². The van der Waals surface area contributed by atoms with Gasteiger partial charge in [0.1, 0.15) is 35.5 Å². The number of anilines is 1. The van der Waals surface area contributed by atoms with E-state index in [1.54, 1.807) is 4.90 Å². The van der Waals surface area contributed by atoms with Crippen LogP contribution in [0.5, 0.6) is 6.01 Å². The number of carbonyl (C=O) groups is 1. The summed E-state index contributed by atoms with van der Waals surface area (Å²) in [4.78, 5) is 27.8. The summed E-state index contributed by atoms with van der Waals surface area (Å²) in [7, 11) is 0. The second-order valence-electron chi connectivity index (χ2n) is 12.2. The van der Waals surface area contributed by atoms with E-state index in [0.29, 0.717) is 38.3 Å². The van der Waals surface area contributed by atoms with Crippen molar-refractivity contribution in [2.45, 2.75) is 89.7 Å². The van der Waals surface area contributed by atoms with Crippen molar-refractivity contribution in [3.8, 4) is 6.01 Å². The minimum atomic E-state index is -0.906. The third kappa shape index (κ3) is 5.47. The number of aromatic nitrogens is 2. The van der Waals surface area contributed by atoms with Crippen LogP contribution in [0.2, 0.25) is 0 Å². The van der Waals surface area contributed by atoms with Crippen LogP contribution in [0.3, 0.4) is 0 Å². The first kappa shape index (κ1) is 27.7. The van der Waals surface area contributed by atoms with Crippen molar-refractivity contribution in [3.05, 3.63) is 23.8 Å². The van der Waals surface area contributed by atoms with Gasteiger partial charge in [-0.3, -0.25) is 9.80 Å². The van der Waals surface area contributed by atoms with Crippen LogP contribution >= 0.6 is 0 Å². The molecule has 0 aliphatic carbocycles. The fraction of sp³-hybridized carbons (Fsp3) is 0.679. The van der Waals surface area contributed by atoms with Gasteiger partial charge in [0.05, 0.1) is 17.6 Å². The summed E-state index contributed by atoms with van der Waals surface area (Å²) in [5.74, 6) is -1.19. The molecule has 0 N–H and O–H groups in total. The van der Waals surface area contributed by atoms with E-state index in [-0.39, 0.29) is 35.6 Å². The van der Waals surface area contributed by atoms with Crippen LogP contribution in [-0.2, 0) is 4.74 Å². The van der Waals surface area contributed by atoms with Crippen LogP contribution in [-0.4, -0.2) is 88.0 Å². The van der Waals surface area contributed by atoms with Gasteiger partial charge >= 0.3 is 12.1 Å². The Hall–Kier alpha value is -2.82. The third-order valence-corrected chi connectivity index (χ3v) is 8.07. The Balaban J connectivity index is 1.46. The molecular weight excluding hydrogens is 511 g/mol. The zero-order valence-corrected chi connectivity index (χ0v) is 23.3. The molecule has 1 aromatic carbocycles. The van der Waals surface area contributed by atoms with Gasteiger partial charge in [-0.2, -0.15) is 9.97 Å². The van der Waals surface area contributed by atoms with Gasteiger partial charge in [-0.1, -0.05) is 6.92 Å². The highest BCUT2D eigenvalue weighted by Gasteiger charge is 2.49. The molecule has 5 rings (SSSR count). The van der Waals surface area contributed by atoms with E-state index < -0.39 is 35.0 Å². The van der Waals surface area contributed by atoms with Gasteiger partial charge in [0.2, 0.25) is 0 Å². The molecule has 0 radical (unpaired) electrons. The van der Waals surface area contributed by atoms with E-state index >= 15 is 0 Å². The summed E-state index contributed by atoms with van der Waals surface area (Å²) < 4.78 is 55.3. The van der Waals surface area contributed by atoms with E-state index in [4.69, 9.17) is 9.47 Å². The number of rotatable bonds is 5. The molecule has 4 atom stereocenters. The normalized spacial score (nSPS) is 27.7. The van der Waals surface area contributed by atoms with Crippen molar-refractivity contribution in [3.63, 3.8) is 0 Å². The number of fused-ring (bicyclic) bond motifs is 2. The molecule has 0 spiro atoms. The Kier molecular flexibility index (Phi) is 7.32. The lowest BCUT2D eigenvalue weighted by atomic mass is 9.95. The van der Waals surface area contributed by atoms with Crippen molar-refractivity contribution < 1.29 is 27.4 Å². The van der Waals surface area contributed by atoms with Crippen LogP contribution in [0.15, 0.2) is 12.1 Å². The van der Waals surface area contributed by atoms with Crippen molar-refractivity contribution in [1.29, 1.82) is 0 Å². The molecule has 0 saturated carbocycles. The molecule has 3 aliphatic rings. The molecule has 3 saturated heterocycles. The van der Waals surface area contributed by atoms with Gasteiger partial charge in [-0.15, -0.1) is 0 Å². The molecule has 3 aliphatic heterocycles. The van der Waals surface area contributed by atoms with E-state index in [2.05, 4.69) is 14.9 Å². The molecular formula is C28H38F3N5O3. The number of nitrogens with zero attached hydrogens (tertiary/aromatic N) is 5. The molecule has 0 unspecified atom stereocenters. The summed E-state index contributed by atoms with van der Waals surface area (Å²) in [5, 5.41) is 0.234. The largest absolute Gasteiger partial charge is 0.461 e. The molecule has 1 amide bonds. The Bertz CT molecular complexity index is 1240. The molecule has 39 heavy (non-hydrogen) atoms. The molecule has 8 nitrogen and oxygen atoms in total. The van der Waals surface area contributed by atoms with Crippen molar-refractivity contribution in [2.24, 2.45) is 0 Å². The van der Waals surface area contributed by atoms with Gasteiger partial charge in [-0.25, -0.2) is 18.0 Å². The van der Waals surface area contributed by atoms with Crippen LogP contribution in [0.1, 0.15) is 60.3 Å². The second-order valence-corrected chi connectivity index (χ2v) is 12.2. The fourth-order valence-electron chi connectivity index (χ4n) is 6.40. The zero-order chi connectivity index (χ0) is 28.1. The number of hydrogen-bond acceptors (Lipinski definition) is 7. The quantitative estimate of drug-likeness (QED) is 0.515. The lowest BCUT2D eigenvalue weighted by molar-refractivity contribution is 0.00287. The average molecular weight is 550 g/mol. The van der Waals surface area contributed by atoms with Crippen molar-refractivity contribution in [1.82, 2.24) is 19.8 Å². The van der Waals surface area contributed by atoms with Crippen molar-refractivity contribution in [2.75, 3.05) is 37.7 Å². The van der Waals surface area contributed by atoms with Crippen molar-refractivity contribution >= 4 is 22.8 Å². The average Bonchev–Trinajstić information content (AvgIpc) is 3.36. The monoisotopic (exact) mass is 549 g/mol. The van der Waals surface area contributed by atoms with Crippen LogP contribution < -0.4 is 9.64 Å². The van der Waals surface area contributed by atoms with E-state index in [9.17, 15) is 18.0 Å². The Morgan fingerprint density at radius 3 is 2.67 bits per heavy atom. The lowest BCUT2D eigenvalue weighted by Gasteiger charge is -2.46. The maximum absolute atomic E-state index is 15.0. The number of piperazine rings is 1. The minimum absolute atomic E-state index is 0.0261. The van der Waals surface area contributed by atoms with Crippen LogP contribution in [0.25, 0.3) is 10.9 Å². The van der Waals surface area contributed by atoms with Crippen LogP contribution in [0, 0.1) is 11.6 Å². The van der Waals surface area contributed by atoms with Gasteiger partial charge in [0.15, 0.2) is 5.82 Å². The maximum atomic E-state index is 15.0. The SMILES string of the molecule is CC[C@@H]1CN(c2nc(OC[C@]34CCCN3C[C@@H](F)C4)nc3c(F)cc(F)cc23)C[C@@H](C)N1C(=O)OC(C)(C)C. The van der Waals surface area contributed by atoms with Crippen LogP contribution in [0.4, 0.5) is 23.8 Å². The van der Waals surface area contributed by atoms with E-state index in [1.807, 2.05) is 39.5 Å². The predicted octanol–water partition coefficient (Wildman–Crippen LogP) is 5.09. The van der Waals surface area contributed by atoms with E-state index in [1.165, 1.54) is 6.07 Å². The molecule has 1 aromatic heterocycles. The Labute approximate surface area is 227 Å². The number of benzene rings is 1. The standard InChI is InChI=1S/C28H38F3N5O3/c1-6-20-15-34(13-17(2)36(20)26(37)39-27(3,4)5)24-21-10-18(29)11-22(31)23(21)32-25(33-24)38-16-28-8-7-9-35(28)14-19(30)12-28/h10-11,17,19-20H,6-9,12-16H2,1-5H3/t17-,19+,20-,28-/m1/s1. The maximum Gasteiger partial charge on any atom is 0.410 e. The summed E-state index contributed by atoms with van der Waals surface area (Å²) in [6.07, 6.45) is 1.52. The van der Waals surface area contributed by atoms with E-state index in [0.717, 1.165) is 25.5 Å². The highest BCUT2D eigenvalue weighted by Crippen LogP contribution is 2.40. The van der Waals surface area contributed by atoms with Gasteiger partial charge in [-0.05, 0) is 59.6 Å². The zero-order valence-electron chi connectivity index (χ0n) is 23.3. The molecule has 0 bridgehead atoms. The third-order valence-electron chi connectivity index (χ3n) is 8.07. The highest BCUT2D eigenvalue weighted by molar-refractivity contribution is 5.90. The van der Waals surface area contributed by atoms with Gasteiger partial charge in [0.25, 0.3) is 0 Å². The summed E-state index contributed by atoms with van der Waals surface area (Å²) in [5.41, 5.74) is -1.09. The number of amides is 1. The Morgan fingerprint density at radius 2 is 1.95 bits per heavy atom. The lowest BCUT2D eigenvalue weighted by Crippen LogP contribution is -2.60. The smallest absolute Gasteiger partial charge is 0.410 e. The first-order chi connectivity index (χ1) is 18.4. The highest BCUT2D eigenvalue weighted by atomic mass is 19.1. The summed E-state index contributed by atoms with van der Waals surface area (Å²) >= 11 is 0.